The van der Waals surface area contributed by atoms with Gasteiger partial charge in [-0.3, -0.25) is 9.59 Å². The summed E-state index contributed by atoms with van der Waals surface area (Å²) in [5.41, 5.74) is 2.44. The van der Waals surface area contributed by atoms with E-state index in [1.807, 2.05) is 30.3 Å². The van der Waals surface area contributed by atoms with Crippen LogP contribution >= 0.6 is 0 Å². The lowest BCUT2D eigenvalue weighted by atomic mass is 10.1. The van der Waals surface area contributed by atoms with Gasteiger partial charge < -0.3 is 15.1 Å². The normalized spacial score (nSPS) is 11.1. The molecule has 0 bridgehead atoms. The summed E-state index contributed by atoms with van der Waals surface area (Å²) >= 11 is 0. The van der Waals surface area contributed by atoms with E-state index >= 15 is 0 Å². The zero-order valence-corrected chi connectivity index (χ0v) is 17.7. The van der Waals surface area contributed by atoms with Crippen molar-refractivity contribution < 1.29 is 22.4 Å². The fourth-order valence-electron chi connectivity index (χ4n) is 2.97. The number of hydrogen-bond acceptors (Lipinski definition) is 5. The van der Waals surface area contributed by atoms with E-state index in [1.54, 1.807) is 36.4 Å². The molecule has 0 aliphatic carbocycles. The summed E-state index contributed by atoms with van der Waals surface area (Å²) in [5, 5.41) is 5.32. The van der Waals surface area contributed by atoms with Crippen molar-refractivity contribution in [3.05, 3.63) is 89.9 Å². The minimum atomic E-state index is -3.47. The summed E-state index contributed by atoms with van der Waals surface area (Å²) in [5.74, 6) is -1.24. The molecule has 31 heavy (non-hydrogen) atoms. The molecule has 0 unspecified atom stereocenters. The number of benzene rings is 2. The number of furan rings is 1. The van der Waals surface area contributed by atoms with Gasteiger partial charge in [0.25, 0.3) is 5.91 Å². The zero-order chi connectivity index (χ0) is 22.1. The van der Waals surface area contributed by atoms with E-state index in [0.717, 1.165) is 11.1 Å². The number of carbonyl (C=O) groups is 2. The second kappa shape index (κ2) is 10.6. The Labute approximate surface area is 181 Å². The maximum absolute atomic E-state index is 12.2. The fraction of sp³-hybridized carbons (Fsp3) is 0.217. The fourth-order valence-corrected chi connectivity index (χ4v) is 4.20. The summed E-state index contributed by atoms with van der Waals surface area (Å²) in [6.07, 6.45) is 2.56. The van der Waals surface area contributed by atoms with Crippen molar-refractivity contribution in [1.29, 1.82) is 0 Å². The van der Waals surface area contributed by atoms with E-state index < -0.39 is 21.5 Å². The SMILES string of the molecule is O=C(CS(=O)(=O)CCCc1ccccc1)NCc1ccc(NC(=O)c2ccco2)cc1. The predicted molar refractivity (Wildman–Crippen MR) is 118 cm³/mol. The Kier molecular flexibility index (Phi) is 7.61. The van der Waals surface area contributed by atoms with Gasteiger partial charge in [0.1, 0.15) is 5.75 Å². The molecule has 0 saturated heterocycles. The van der Waals surface area contributed by atoms with Crippen LogP contribution in [-0.4, -0.2) is 31.7 Å². The molecular formula is C23H24N2O5S. The lowest BCUT2D eigenvalue weighted by Gasteiger charge is -2.08. The Morgan fingerprint density at radius 1 is 0.871 bits per heavy atom. The molecule has 2 aromatic carbocycles. The Hall–Kier alpha value is -3.39. The van der Waals surface area contributed by atoms with Crippen LogP contribution in [0.2, 0.25) is 0 Å². The molecule has 0 atom stereocenters. The van der Waals surface area contributed by atoms with E-state index in [-0.39, 0.29) is 24.0 Å². The topological polar surface area (TPSA) is 105 Å². The van der Waals surface area contributed by atoms with Crippen LogP contribution in [-0.2, 0) is 27.6 Å². The molecule has 3 aromatic rings. The first-order valence-corrected chi connectivity index (χ1v) is 11.7. The van der Waals surface area contributed by atoms with Crippen molar-refractivity contribution in [3.63, 3.8) is 0 Å². The highest BCUT2D eigenvalue weighted by atomic mass is 32.2. The first kappa shape index (κ1) is 22.3. The number of sulfone groups is 1. The highest BCUT2D eigenvalue weighted by molar-refractivity contribution is 7.92. The van der Waals surface area contributed by atoms with Crippen LogP contribution in [0.15, 0.2) is 77.4 Å². The average Bonchev–Trinajstić information content (AvgIpc) is 3.29. The molecule has 2 N–H and O–H groups in total. The highest BCUT2D eigenvalue weighted by Crippen LogP contribution is 2.12. The minimum absolute atomic E-state index is 0.0284. The number of aryl methyl sites for hydroxylation is 1. The molecular weight excluding hydrogens is 416 g/mol. The molecule has 0 aliphatic rings. The molecule has 0 fully saturated rings. The lowest BCUT2D eigenvalue weighted by molar-refractivity contribution is -0.118. The summed E-state index contributed by atoms with van der Waals surface area (Å²) in [4.78, 5) is 24.0. The Bertz CT molecular complexity index is 1090. The van der Waals surface area contributed by atoms with Crippen molar-refractivity contribution in [1.82, 2.24) is 5.32 Å². The van der Waals surface area contributed by atoms with Crippen molar-refractivity contribution in [2.24, 2.45) is 0 Å². The molecule has 0 saturated carbocycles. The summed E-state index contributed by atoms with van der Waals surface area (Å²) < 4.78 is 29.4. The zero-order valence-electron chi connectivity index (χ0n) is 16.9. The van der Waals surface area contributed by atoms with Crippen LogP contribution < -0.4 is 10.6 Å². The van der Waals surface area contributed by atoms with Crippen LogP contribution in [0.25, 0.3) is 0 Å². The van der Waals surface area contributed by atoms with Crippen LogP contribution in [0.1, 0.15) is 28.1 Å². The predicted octanol–water partition coefficient (Wildman–Crippen LogP) is 3.20. The maximum Gasteiger partial charge on any atom is 0.291 e. The van der Waals surface area contributed by atoms with Gasteiger partial charge in [-0.1, -0.05) is 42.5 Å². The van der Waals surface area contributed by atoms with Gasteiger partial charge in [0.2, 0.25) is 5.91 Å². The third kappa shape index (κ3) is 7.42. The van der Waals surface area contributed by atoms with Gasteiger partial charge in [-0.25, -0.2) is 8.42 Å². The third-order valence-corrected chi connectivity index (χ3v) is 6.17. The molecule has 0 radical (unpaired) electrons. The van der Waals surface area contributed by atoms with Gasteiger partial charge >= 0.3 is 0 Å². The molecule has 1 aromatic heterocycles. The van der Waals surface area contributed by atoms with Crippen molar-refractivity contribution in [2.45, 2.75) is 19.4 Å². The van der Waals surface area contributed by atoms with E-state index in [9.17, 15) is 18.0 Å². The quantitative estimate of drug-likeness (QED) is 0.504. The Balaban J connectivity index is 1.40. The summed E-state index contributed by atoms with van der Waals surface area (Å²) in [6.45, 7) is 0.199. The van der Waals surface area contributed by atoms with Gasteiger partial charge in [-0.05, 0) is 48.2 Å². The van der Waals surface area contributed by atoms with E-state index in [0.29, 0.717) is 18.5 Å². The molecule has 0 spiro atoms. The summed E-state index contributed by atoms with van der Waals surface area (Å²) in [7, 11) is -3.47. The minimum Gasteiger partial charge on any atom is -0.459 e. The van der Waals surface area contributed by atoms with Crippen LogP contribution in [0.4, 0.5) is 5.69 Å². The van der Waals surface area contributed by atoms with Gasteiger partial charge in [-0.15, -0.1) is 0 Å². The van der Waals surface area contributed by atoms with E-state index in [2.05, 4.69) is 10.6 Å². The number of rotatable bonds is 10. The number of nitrogens with one attached hydrogen (secondary N) is 2. The number of carbonyl (C=O) groups excluding carboxylic acids is 2. The van der Waals surface area contributed by atoms with Crippen molar-refractivity contribution >= 4 is 27.3 Å². The van der Waals surface area contributed by atoms with Gasteiger partial charge in [0.05, 0.1) is 12.0 Å². The van der Waals surface area contributed by atoms with Gasteiger partial charge in [0, 0.05) is 12.2 Å². The Morgan fingerprint density at radius 3 is 2.29 bits per heavy atom. The molecule has 162 valence electrons. The third-order valence-electron chi connectivity index (χ3n) is 4.56. The van der Waals surface area contributed by atoms with Crippen LogP contribution in [0.3, 0.4) is 0 Å². The van der Waals surface area contributed by atoms with E-state index in [4.69, 9.17) is 4.42 Å². The number of hydrogen-bond donors (Lipinski definition) is 2. The highest BCUT2D eigenvalue weighted by Gasteiger charge is 2.16. The largest absolute Gasteiger partial charge is 0.459 e. The average molecular weight is 441 g/mol. The smallest absolute Gasteiger partial charge is 0.291 e. The molecule has 2 amide bonds. The number of amides is 2. The van der Waals surface area contributed by atoms with E-state index in [1.165, 1.54) is 6.26 Å². The second-order valence-corrected chi connectivity index (χ2v) is 9.27. The maximum atomic E-state index is 12.2. The lowest BCUT2D eigenvalue weighted by Crippen LogP contribution is -2.31. The first-order valence-electron chi connectivity index (χ1n) is 9.86. The second-order valence-electron chi connectivity index (χ2n) is 7.09. The molecule has 3 rings (SSSR count). The monoisotopic (exact) mass is 440 g/mol. The molecule has 1 heterocycles. The Morgan fingerprint density at radius 2 is 1.61 bits per heavy atom. The summed E-state index contributed by atoms with van der Waals surface area (Å²) in [6, 6.07) is 19.7. The van der Waals surface area contributed by atoms with Gasteiger partial charge in [0.15, 0.2) is 15.6 Å². The standard InChI is InChI=1S/C23H24N2O5S/c26-22(17-31(28,29)15-5-8-18-6-2-1-3-7-18)24-16-19-10-12-20(13-11-19)25-23(27)21-9-4-14-30-21/h1-4,6-7,9-14H,5,8,15-17H2,(H,24,26)(H,25,27). The van der Waals surface area contributed by atoms with Gasteiger partial charge in [-0.2, -0.15) is 0 Å². The number of anilines is 1. The molecule has 7 nitrogen and oxygen atoms in total. The van der Waals surface area contributed by atoms with Crippen molar-refractivity contribution in [2.75, 3.05) is 16.8 Å². The molecule has 8 heteroatoms. The van der Waals surface area contributed by atoms with Crippen LogP contribution in [0, 0.1) is 0 Å². The van der Waals surface area contributed by atoms with Crippen molar-refractivity contribution in [3.8, 4) is 0 Å². The first-order chi connectivity index (χ1) is 14.9. The molecule has 0 aliphatic heterocycles. The van der Waals surface area contributed by atoms with Crippen LogP contribution in [0.5, 0.6) is 0 Å².